The first-order valence-electron chi connectivity index (χ1n) is 4.98. The van der Waals surface area contributed by atoms with Gasteiger partial charge >= 0.3 is 5.97 Å². The predicted molar refractivity (Wildman–Crippen MR) is 64.0 cm³/mol. The Balaban J connectivity index is 2.62. The highest BCUT2D eigenvalue weighted by atomic mass is 79.9. The van der Waals surface area contributed by atoms with Crippen molar-refractivity contribution in [3.8, 4) is 0 Å². The van der Waals surface area contributed by atoms with E-state index >= 15 is 0 Å². The lowest BCUT2D eigenvalue weighted by atomic mass is 9.98. The van der Waals surface area contributed by atoms with Gasteiger partial charge in [-0.25, -0.2) is 0 Å². The molecule has 0 aromatic heterocycles. The second kappa shape index (κ2) is 5.31. The van der Waals surface area contributed by atoms with E-state index in [1.807, 2.05) is 19.1 Å². The number of aryl methyl sites for hydroxylation is 2. The molecule has 0 bridgehead atoms. The van der Waals surface area contributed by atoms with E-state index in [4.69, 9.17) is 5.11 Å². The number of carboxylic acids is 1. The lowest BCUT2D eigenvalue weighted by Crippen LogP contribution is -2.10. The smallest absolute Gasteiger partial charge is 0.306 e. The van der Waals surface area contributed by atoms with Crippen LogP contribution in [0, 0.1) is 12.8 Å². The van der Waals surface area contributed by atoms with Crippen LogP contribution in [0.5, 0.6) is 0 Å². The zero-order valence-electron chi connectivity index (χ0n) is 8.96. The van der Waals surface area contributed by atoms with Crippen LogP contribution in [0.15, 0.2) is 22.7 Å². The lowest BCUT2D eigenvalue weighted by Gasteiger charge is -2.08. The molecule has 1 N–H and O–H groups in total. The fraction of sp³-hybridized carbons (Fsp3) is 0.417. The summed E-state index contributed by atoms with van der Waals surface area (Å²) in [6.07, 6.45) is 1.52. The Morgan fingerprint density at radius 1 is 1.53 bits per heavy atom. The average molecular weight is 271 g/mol. The van der Waals surface area contributed by atoms with Crippen molar-refractivity contribution < 1.29 is 9.90 Å². The second-order valence-electron chi connectivity index (χ2n) is 3.85. The van der Waals surface area contributed by atoms with Crippen molar-refractivity contribution in [3.63, 3.8) is 0 Å². The Labute approximate surface area is 98.4 Å². The number of halogens is 1. The van der Waals surface area contributed by atoms with Gasteiger partial charge in [0, 0.05) is 4.47 Å². The lowest BCUT2D eigenvalue weighted by molar-refractivity contribution is -0.141. The molecule has 1 unspecified atom stereocenters. The largest absolute Gasteiger partial charge is 0.481 e. The van der Waals surface area contributed by atoms with Crippen LogP contribution < -0.4 is 0 Å². The SMILES string of the molecule is Cc1cc(Br)ccc1CCC(C)C(=O)O. The number of benzene rings is 1. The van der Waals surface area contributed by atoms with Crippen molar-refractivity contribution in [2.75, 3.05) is 0 Å². The van der Waals surface area contributed by atoms with Gasteiger partial charge in [0.05, 0.1) is 5.92 Å². The summed E-state index contributed by atoms with van der Waals surface area (Å²) in [7, 11) is 0. The molecule has 0 fully saturated rings. The molecule has 0 saturated heterocycles. The van der Waals surface area contributed by atoms with Crippen LogP contribution in [0.1, 0.15) is 24.5 Å². The molecule has 0 amide bonds. The molecule has 82 valence electrons. The average Bonchev–Trinajstić information content (AvgIpc) is 2.15. The minimum atomic E-state index is -0.718. The predicted octanol–water partition coefficient (Wildman–Crippen LogP) is 3.41. The fourth-order valence-corrected chi connectivity index (χ4v) is 1.91. The van der Waals surface area contributed by atoms with Crippen molar-refractivity contribution in [2.24, 2.45) is 5.92 Å². The summed E-state index contributed by atoms with van der Waals surface area (Å²) in [5.41, 5.74) is 2.44. The Bertz CT molecular complexity index is 361. The minimum Gasteiger partial charge on any atom is -0.481 e. The molecule has 0 aliphatic carbocycles. The van der Waals surface area contributed by atoms with Crippen LogP contribution in [-0.2, 0) is 11.2 Å². The highest BCUT2D eigenvalue weighted by molar-refractivity contribution is 9.10. The number of rotatable bonds is 4. The molecule has 2 nitrogen and oxygen atoms in total. The topological polar surface area (TPSA) is 37.3 Å². The van der Waals surface area contributed by atoms with E-state index < -0.39 is 5.97 Å². The Morgan fingerprint density at radius 3 is 2.73 bits per heavy atom. The third-order valence-electron chi connectivity index (χ3n) is 2.57. The number of hydrogen-bond acceptors (Lipinski definition) is 1. The molecular formula is C12H15BrO2. The zero-order chi connectivity index (χ0) is 11.4. The summed E-state index contributed by atoms with van der Waals surface area (Å²) in [4.78, 5) is 10.7. The van der Waals surface area contributed by atoms with E-state index in [-0.39, 0.29) is 5.92 Å². The van der Waals surface area contributed by atoms with E-state index in [1.165, 1.54) is 11.1 Å². The minimum absolute atomic E-state index is 0.270. The normalized spacial score (nSPS) is 12.5. The summed E-state index contributed by atoms with van der Waals surface area (Å²) in [6.45, 7) is 3.79. The summed E-state index contributed by atoms with van der Waals surface area (Å²) in [5, 5.41) is 8.77. The van der Waals surface area contributed by atoms with E-state index in [0.717, 1.165) is 10.9 Å². The molecule has 0 heterocycles. The van der Waals surface area contributed by atoms with Gasteiger partial charge in [-0.1, -0.05) is 28.9 Å². The highest BCUT2D eigenvalue weighted by Gasteiger charge is 2.11. The highest BCUT2D eigenvalue weighted by Crippen LogP contribution is 2.18. The monoisotopic (exact) mass is 270 g/mol. The summed E-state index contributed by atoms with van der Waals surface area (Å²) >= 11 is 3.41. The molecule has 0 radical (unpaired) electrons. The number of hydrogen-bond donors (Lipinski definition) is 1. The summed E-state index contributed by atoms with van der Waals surface area (Å²) in [6, 6.07) is 6.10. The van der Waals surface area contributed by atoms with Crippen LogP contribution in [0.3, 0.4) is 0 Å². The van der Waals surface area contributed by atoms with Gasteiger partial charge in [-0.2, -0.15) is 0 Å². The van der Waals surface area contributed by atoms with Crippen LogP contribution in [0.4, 0.5) is 0 Å². The Morgan fingerprint density at radius 2 is 2.20 bits per heavy atom. The first-order valence-corrected chi connectivity index (χ1v) is 5.78. The summed E-state index contributed by atoms with van der Waals surface area (Å²) in [5.74, 6) is -0.988. The van der Waals surface area contributed by atoms with E-state index in [9.17, 15) is 4.79 Å². The third-order valence-corrected chi connectivity index (χ3v) is 3.07. The number of aliphatic carboxylic acids is 1. The standard InChI is InChI=1S/C12H15BrO2/c1-8(12(14)15)3-4-10-5-6-11(13)7-9(10)2/h5-8H,3-4H2,1-2H3,(H,14,15). The molecular weight excluding hydrogens is 256 g/mol. The molecule has 15 heavy (non-hydrogen) atoms. The fourth-order valence-electron chi connectivity index (χ4n) is 1.44. The van der Waals surface area contributed by atoms with Crippen LogP contribution in [-0.4, -0.2) is 11.1 Å². The maximum absolute atomic E-state index is 10.7. The second-order valence-corrected chi connectivity index (χ2v) is 4.76. The first-order chi connectivity index (χ1) is 7.00. The van der Waals surface area contributed by atoms with Gasteiger partial charge in [0.15, 0.2) is 0 Å². The van der Waals surface area contributed by atoms with Crippen molar-refractivity contribution in [2.45, 2.75) is 26.7 Å². The van der Waals surface area contributed by atoms with Gasteiger partial charge in [-0.3, -0.25) is 4.79 Å². The molecule has 1 atom stereocenters. The maximum atomic E-state index is 10.7. The molecule has 0 saturated carbocycles. The quantitative estimate of drug-likeness (QED) is 0.911. The molecule has 3 heteroatoms. The van der Waals surface area contributed by atoms with Gasteiger partial charge in [-0.05, 0) is 43.0 Å². The van der Waals surface area contributed by atoms with Crippen LogP contribution in [0.2, 0.25) is 0 Å². The van der Waals surface area contributed by atoms with Crippen molar-refractivity contribution >= 4 is 21.9 Å². The van der Waals surface area contributed by atoms with Crippen molar-refractivity contribution in [1.29, 1.82) is 0 Å². The molecule has 0 aliphatic rings. The van der Waals surface area contributed by atoms with Gasteiger partial charge in [0.2, 0.25) is 0 Å². The zero-order valence-corrected chi connectivity index (χ0v) is 10.5. The van der Waals surface area contributed by atoms with E-state index in [1.54, 1.807) is 6.92 Å². The molecule has 0 spiro atoms. The van der Waals surface area contributed by atoms with Gasteiger partial charge in [-0.15, -0.1) is 0 Å². The van der Waals surface area contributed by atoms with Crippen molar-refractivity contribution in [3.05, 3.63) is 33.8 Å². The van der Waals surface area contributed by atoms with Gasteiger partial charge in [0.25, 0.3) is 0 Å². The van der Waals surface area contributed by atoms with E-state index in [2.05, 4.69) is 22.0 Å². The number of carboxylic acid groups (broad SMARTS) is 1. The Kier molecular flexibility index (Phi) is 4.33. The molecule has 1 rings (SSSR count). The maximum Gasteiger partial charge on any atom is 0.306 e. The van der Waals surface area contributed by atoms with Gasteiger partial charge in [0.1, 0.15) is 0 Å². The number of carbonyl (C=O) groups is 1. The summed E-state index contributed by atoms with van der Waals surface area (Å²) < 4.78 is 1.06. The Hall–Kier alpha value is -0.830. The van der Waals surface area contributed by atoms with Crippen LogP contribution >= 0.6 is 15.9 Å². The molecule has 1 aromatic rings. The first kappa shape index (κ1) is 12.2. The van der Waals surface area contributed by atoms with Crippen molar-refractivity contribution in [1.82, 2.24) is 0 Å². The molecule has 0 aliphatic heterocycles. The van der Waals surface area contributed by atoms with E-state index in [0.29, 0.717) is 6.42 Å². The molecule has 1 aromatic carbocycles. The third kappa shape index (κ3) is 3.67. The van der Waals surface area contributed by atoms with Crippen LogP contribution in [0.25, 0.3) is 0 Å². The van der Waals surface area contributed by atoms with Gasteiger partial charge < -0.3 is 5.11 Å².